The molecule has 1 aliphatic rings. The summed E-state index contributed by atoms with van der Waals surface area (Å²) >= 11 is 11.8. The van der Waals surface area contributed by atoms with Crippen LogP contribution in [0.2, 0.25) is 10.0 Å². The highest BCUT2D eigenvalue weighted by Crippen LogP contribution is 2.34. The number of likely N-dealkylation sites (tertiary alicyclic amines) is 1. The largest absolute Gasteiger partial charge is 0.444 e. The van der Waals surface area contributed by atoms with Crippen LogP contribution in [0.4, 0.5) is 20.7 Å². The molecule has 3 aromatic rings. The number of nitrogens with one attached hydrogen (secondary N) is 1. The Kier molecular flexibility index (Phi) is 6.64. The molecular formula is C24H25Cl2FN4O2. The van der Waals surface area contributed by atoms with Gasteiger partial charge in [-0.2, -0.15) is 0 Å². The Morgan fingerprint density at radius 1 is 1.21 bits per heavy atom. The maximum absolute atomic E-state index is 14.6. The second-order valence-electron chi connectivity index (χ2n) is 9.11. The van der Waals surface area contributed by atoms with Crippen LogP contribution >= 0.6 is 23.2 Å². The van der Waals surface area contributed by atoms with Gasteiger partial charge in [0, 0.05) is 24.4 Å². The predicted molar refractivity (Wildman–Crippen MR) is 129 cm³/mol. The molecule has 1 fully saturated rings. The van der Waals surface area contributed by atoms with E-state index in [2.05, 4.69) is 15.3 Å². The molecular weight excluding hydrogens is 466 g/mol. The van der Waals surface area contributed by atoms with Crippen molar-refractivity contribution in [2.24, 2.45) is 0 Å². The summed E-state index contributed by atoms with van der Waals surface area (Å²) in [5.74, 6) is -0.0447. The first-order valence-corrected chi connectivity index (χ1v) is 11.5. The standard InChI is InChI=1S/C24H25Cl2FN4O2/c1-24(2,3)33-23(32)31-10-4-5-15(12-31)14-6-8-18-16(11-14)22(29-13-28-18)30-19-9-7-17(25)20(26)21(19)27/h6-9,11,13,15H,4-5,10,12H2,1-3H3,(H,28,29,30). The molecule has 33 heavy (non-hydrogen) atoms. The third kappa shape index (κ3) is 5.31. The minimum atomic E-state index is -0.646. The number of anilines is 2. The Bertz CT molecular complexity index is 1200. The molecule has 9 heteroatoms. The number of fused-ring (bicyclic) bond motifs is 1. The molecule has 0 saturated carbocycles. The first-order valence-electron chi connectivity index (χ1n) is 10.8. The van der Waals surface area contributed by atoms with E-state index in [1.807, 2.05) is 39.0 Å². The van der Waals surface area contributed by atoms with Crippen LogP contribution in [-0.4, -0.2) is 39.7 Å². The van der Waals surface area contributed by atoms with Crippen molar-refractivity contribution in [2.45, 2.75) is 45.1 Å². The molecule has 4 rings (SSSR count). The van der Waals surface area contributed by atoms with Gasteiger partial charge in [0.1, 0.15) is 17.7 Å². The van der Waals surface area contributed by atoms with Gasteiger partial charge in [0.2, 0.25) is 0 Å². The van der Waals surface area contributed by atoms with Crippen molar-refractivity contribution in [3.05, 3.63) is 58.1 Å². The van der Waals surface area contributed by atoms with Gasteiger partial charge in [0.25, 0.3) is 0 Å². The number of carbonyl (C=O) groups excluding carboxylic acids is 1. The minimum Gasteiger partial charge on any atom is -0.444 e. The van der Waals surface area contributed by atoms with E-state index in [9.17, 15) is 9.18 Å². The molecule has 1 aromatic heterocycles. The van der Waals surface area contributed by atoms with Crippen molar-refractivity contribution in [2.75, 3.05) is 18.4 Å². The summed E-state index contributed by atoms with van der Waals surface area (Å²) in [7, 11) is 0. The van der Waals surface area contributed by atoms with Crippen LogP contribution in [0.1, 0.15) is 45.1 Å². The number of nitrogens with zero attached hydrogens (tertiary/aromatic N) is 3. The number of piperidine rings is 1. The highest BCUT2D eigenvalue weighted by Gasteiger charge is 2.28. The molecule has 0 radical (unpaired) electrons. The van der Waals surface area contributed by atoms with Crippen molar-refractivity contribution in [1.82, 2.24) is 14.9 Å². The molecule has 1 aliphatic heterocycles. The fourth-order valence-electron chi connectivity index (χ4n) is 3.92. The lowest BCUT2D eigenvalue weighted by Crippen LogP contribution is -2.42. The maximum atomic E-state index is 14.6. The number of amides is 1. The average Bonchev–Trinajstić information content (AvgIpc) is 2.78. The minimum absolute atomic E-state index is 0.140. The summed E-state index contributed by atoms with van der Waals surface area (Å²) in [4.78, 5) is 23.0. The molecule has 6 nitrogen and oxygen atoms in total. The van der Waals surface area contributed by atoms with Gasteiger partial charge in [-0.3, -0.25) is 0 Å². The molecule has 1 saturated heterocycles. The summed E-state index contributed by atoms with van der Waals surface area (Å²) in [6.45, 7) is 6.83. The fraction of sp³-hybridized carbons (Fsp3) is 0.375. The first-order chi connectivity index (χ1) is 15.6. The van der Waals surface area contributed by atoms with E-state index >= 15 is 0 Å². The van der Waals surface area contributed by atoms with Gasteiger partial charge in [-0.15, -0.1) is 0 Å². The van der Waals surface area contributed by atoms with Crippen LogP contribution in [0.25, 0.3) is 10.9 Å². The van der Waals surface area contributed by atoms with Crippen molar-refractivity contribution >= 4 is 51.7 Å². The third-order valence-corrected chi connectivity index (χ3v) is 6.27. The zero-order valence-corrected chi connectivity index (χ0v) is 20.2. The number of hydrogen-bond acceptors (Lipinski definition) is 5. The number of ether oxygens (including phenoxy) is 1. The second kappa shape index (κ2) is 9.31. The molecule has 2 heterocycles. The van der Waals surface area contributed by atoms with Crippen molar-refractivity contribution in [3.8, 4) is 0 Å². The van der Waals surface area contributed by atoms with E-state index in [0.717, 1.165) is 29.3 Å². The number of aromatic nitrogens is 2. The van der Waals surface area contributed by atoms with E-state index < -0.39 is 11.4 Å². The molecule has 0 bridgehead atoms. The van der Waals surface area contributed by atoms with Gasteiger partial charge in [0.15, 0.2) is 5.82 Å². The van der Waals surface area contributed by atoms with Crippen LogP contribution in [0.3, 0.4) is 0 Å². The number of carbonyl (C=O) groups is 1. The van der Waals surface area contributed by atoms with Gasteiger partial charge < -0.3 is 15.0 Å². The number of halogens is 3. The van der Waals surface area contributed by atoms with Gasteiger partial charge >= 0.3 is 6.09 Å². The van der Waals surface area contributed by atoms with Crippen LogP contribution in [-0.2, 0) is 4.74 Å². The maximum Gasteiger partial charge on any atom is 0.410 e. The topological polar surface area (TPSA) is 67.3 Å². The molecule has 1 unspecified atom stereocenters. The van der Waals surface area contributed by atoms with E-state index in [1.165, 1.54) is 18.5 Å². The summed E-state index contributed by atoms with van der Waals surface area (Å²) in [6, 6.07) is 8.96. The summed E-state index contributed by atoms with van der Waals surface area (Å²) < 4.78 is 20.1. The zero-order chi connectivity index (χ0) is 23.8. The molecule has 1 atom stereocenters. The first kappa shape index (κ1) is 23.5. The average molecular weight is 491 g/mol. The van der Waals surface area contributed by atoms with Crippen LogP contribution in [0, 0.1) is 5.82 Å². The highest BCUT2D eigenvalue weighted by molar-refractivity contribution is 6.42. The molecule has 1 amide bonds. The Morgan fingerprint density at radius 2 is 2.00 bits per heavy atom. The summed E-state index contributed by atoms with van der Waals surface area (Å²) in [5.41, 5.74) is 1.41. The third-order valence-electron chi connectivity index (χ3n) is 5.49. The SMILES string of the molecule is CC(C)(C)OC(=O)N1CCCC(c2ccc3ncnc(Nc4ccc(Cl)c(Cl)c4F)c3c2)C1. The summed E-state index contributed by atoms with van der Waals surface area (Å²) in [6.07, 6.45) is 2.95. The van der Waals surface area contributed by atoms with Crippen molar-refractivity contribution in [1.29, 1.82) is 0 Å². The van der Waals surface area contributed by atoms with Crippen LogP contribution in [0.5, 0.6) is 0 Å². The number of benzene rings is 2. The molecule has 174 valence electrons. The monoisotopic (exact) mass is 490 g/mol. The lowest BCUT2D eigenvalue weighted by molar-refractivity contribution is 0.0198. The van der Waals surface area contributed by atoms with Gasteiger partial charge in [-0.25, -0.2) is 19.2 Å². The lowest BCUT2D eigenvalue weighted by Gasteiger charge is -2.34. The highest BCUT2D eigenvalue weighted by atomic mass is 35.5. The summed E-state index contributed by atoms with van der Waals surface area (Å²) in [5, 5.41) is 3.75. The second-order valence-corrected chi connectivity index (χ2v) is 9.90. The van der Waals surface area contributed by atoms with E-state index in [1.54, 1.807) is 4.90 Å². The lowest BCUT2D eigenvalue weighted by atomic mass is 9.90. The smallest absolute Gasteiger partial charge is 0.410 e. The number of hydrogen-bond donors (Lipinski definition) is 1. The van der Waals surface area contributed by atoms with Gasteiger partial charge in [-0.05, 0) is 63.4 Å². The zero-order valence-electron chi connectivity index (χ0n) is 18.7. The van der Waals surface area contributed by atoms with Gasteiger partial charge in [-0.1, -0.05) is 29.3 Å². The van der Waals surface area contributed by atoms with Crippen LogP contribution in [0.15, 0.2) is 36.7 Å². The number of rotatable bonds is 3. The molecule has 0 spiro atoms. The fourth-order valence-corrected chi connectivity index (χ4v) is 4.23. The Morgan fingerprint density at radius 3 is 2.76 bits per heavy atom. The molecule has 0 aliphatic carbocycles. The quantitative estimate of drug-likeness (QED) is 0.403. The van der Waals surface area contributed by atoms with Crippen molar-refractivity contribution < 1.29 is 13.9 Å². The normalized spacial score (nSPS) is 16.7. The van der Waals surface area contributed by atoms with E-state index in [0.29, 0.717) is 18.9 Å². The Hall–Kier alpha value is -2.64. The molecule has 2 aromatic carbocycles. The van der Waals surface area contributed by atoms with E-state index in [4.69, 9.17) is 27.9 Å². The Balaban J connectivity index is 1.62. The van der Waals surface area contributed by atoms with Gasteiger partial charge in [0.05, 0.1) is 21.2 Å². The molecule has 1 N–H and O–H groups in total. The van der Waals surface area contributed by atoms with Crippen LogP contribution < -0.4 is 5.32 Å². The Labute approximate surface area is 202 Å². The van der Waals surface area contributed by atoms with Crippen molar-refractivity contribution in [3.63, 3.8) is 0 Å². The predicted octanol–water partition coefficient (Wildman–Crippen LogP) is 6.93. The van der Waals surface area contributed by atoms with E-state index in [-0.39, 0.29) is 27.7 Å².